The highest BCUT2D eigenvalue weighted by molar-refractivity contribution is 7.99. The third kappa shape index (κ3) is 4.38. The number of aromatic nitrogens is 1. The maximum Gasteiger partial charge on any atom is 0.352 e. The summed E-state index contributed by atoms with van der Waals surface area (Å²) in [5.41, 5.74) is 4.10. The molecule has 158 valence electrons. The highest BCUT2D eigenvalue weighted by Gasteiger charge is 2.25. The number of nitrogens with one attached hydrogen (secondary N) is 1. The number of benzene rings is 2. The molecule has 0 amide bonds. The quantitative estimate of drug-likeness (QED) is 0.255. The second-order valence-electron chi connectivity index (χ2n) is 6.36. The zero-order valence-corrected chi connectivity index (χ0v) is 18.6. The van der Waals surface area contributed by atoms with Crippen LogP contribution in [0.2, 0.25) is 10.0 Å². The van der Waals surface area contributed by atoms with Crippen molar-refractivity contribution in [3.63, 3.8) is 0 Å². The molecule has 0 radical (unpaired) electrons. The Labute approximate surface area is 194 Å². The van der Waals surface area contributed by atoms with Crippen LogP contribution in [0.4, 0.5) is 10.8 Å². The van der Waals surface area contributed by atoms with Crippen molar-refractivity contribution in [3.8, 4) is 11.3 Å². The average Bonchev–Trinajstić information content (AvgIpc) is 3.17. The van der Waals surface area contributed by atoms with Gasteiger partial charge in [0, 0.05) is 39.1 Å². The summed E-state index contributed by atoms with van der Waals surface area (Å²) in [4.78, 5) is 28.7. The number of thiazole rings is 1. The van der Waals surface area contributed by atoms with Gasteiger partial charge in [-0.15, -0.1) is 11.8 Å². The molecule has 0 spiro atoms. The van der Waals surface area contributed by atoms with E-state index in [1.807, 2.05) is 6.07 Å². The molecule has 31 heavy (non-hydrogen) atoms. The molecule has 2 heterocycles. The summed E-state index contributed by atoms with van der Waals surface area (Å²) >= 11 is 15.3. The van der Waals surface area contributed by atoms with Gasteiger partial charge in [-0.2, -0.15) is 5.10 Å². The number of anilines is 1. The highest BCUT2D eigenvalue weighted by atomic mass is 35.5. The Balaban J connectivity index is 1.61. The van der Waals surface area contributed by atoms with Crippen molar-refractivity contribution < 1.29 is 14.8 Å². The maximum atomic E-state index is 11.6. The Morgan fingerprint density at radius 1 is 1.29 bits per heavy atom. The van der Waals surface area contributed by atoms with Gasteiger partial charge in [-0.1, -0.05) is 58.8 Å². The van der Waals surface area contributed by atoms with Gasteiger partial charge < -0.3 is 5.11 Å². The summed E-state index contributed by atoms with van der Waals surface area (Å²) in [7, 11) is 0. The molecule has 2 N–H and O–H groups in total. The van der Waals surface area contributed by atoms with Crippen LogP contribution in [0.1, 0.15) is 10.4 Å². The zero-order valence-electron chi connectivity index (χ0n) is 15.5. The normalized spacial score (nSPS) is 12.8. The lowest BCUT2D eigenvalue weighted by atomic mass is 10.1. The third-order valence-electron chi connectivity index (χ3n) is 4.43. The average molecular weight is 495 g/mol. The number of thioether (sulfide) groups is 1. The number of carbonyl (C=O) groups is 1. The van der Waals surface area contributed by atoms with E-state index >= 15 is 0 Å². The molecule has 0 bridgehead atoms. The van der Waals surface area contributed by atoms with E-state index in [2.05, 4.69) is 15.5 Å². The zero-order chi connectivity index (χ0) is 22.1. The Bertz CT molecular complexity index is 1250. The van der Waals surface area contributed by atoms with Crippen molar-refractivity contribution in [2.24, 2.45) is 5.10 Å². The number of carboxylic acids is 1. The molecule has 0 aliphatic carbocycles. The van der Waals surface area contributed by atoms with Gasteiger partial charge in [0.05, 0.1) is 20.7 Å². The Morgan fingerprint density at radius 3 is 2.81 bits per heavy atom. The first-order valence-electron chi connectivity index (χ1n) is 8.74. The monoisotopic (exact) mass is 494 g/mol. The number of fused-ring (bicyclic) bond motifs is 3. The van der Waals surface area contributed by atoms with Crippen molar-refractivity contribution in [2.45, 2.75) is 17.1 Å². The number of hydrogen-bond donors (Lipinski definition) is 2. The minimum Gasteiger partial charge on any atom is -0.477 e. The Hall–Kier alpha value is -2.66. The molecule has 0 atom stereocenters. The largest absolute Gasteiger partial charge is 0.477 e. The minimum absolute atomic E-state index is 0.162. The fourth-order valence-corrected chi connectivity index (χ4v) is 5.64. The van der Waals surface area contributed by atoms with E-state index in [0.717, 1.165) is 21.0 Å². The lowest BCUT2D eigenvalue weighted by molar-refractivity contribution is -0.385. The van der Waals surface area contributed by atoms with Crippen LogP contribution in [0.15, 0.2) is 46.4 Å². The first kappa shape index (κ1) is 21.6. The molecule has 3 aromatic rings. The van der Waals surface area contributed by atoms with Gasteiger partial charge >= 0.3 is 5.97 Å². The molecule has 2 aromatic carbocycles. The molecule has 0 saturated heterocycles. The molecule has 8 nitrogen and oxygen atoms in total. The van der Waals surface area contributed by atoms with Gasteiger partial charge in [0.25, 0.3) is 5.69 Å². The van der Waals surface area contributed by atoms with Crippen LogP contribution in [0, 0.1) is 10.1 Å². The van der Waals surface area contributed by atoms with Crippen LogP contribution in [-0.2, 0) is 17.0 Å². The van der Waals surface area contributed by atoms with Crippen molar-refractivity contribution in [3.05, 3.63) is 67.0 Å². The van der Waals surface area contributed by atoms with Gasteiger partial charge in [-0.05, 0) is 6.07 Å². The summed E-state index contributed by atoms with van der Waals surface area (Å²) in [5, 5.41) is 26.0. The maximum absolute atomic E-state index is 11.6. The van der Waals surface area contributed by atoms with Crippen LogP contribution in [0.5, 0.6) is 0 Å². The molecule has 4 rings (SSSR count). The van der Waals surface area contributed by atoms with Crippen molar-refractivity contribution in [1.82, 2.24) is 4.98 Å². The van der Waals surface area contributed by atoms with Crippen LogP contribution in [0.3, 0.4) is 0 Å². The molecule has 12 heteroatoms. The Kier molecular flexibility index (Phi) is 6.15. The second-order valence-corrected chi connectivity index (χ2v) is 9.21. The SMILES string of the molecule is O=C(O)/C(Cc1ccccc1[N+](=O)[O-])=N\Nc1nc2c(s1)CSc1c-2ccc(Cl)c1Cl. The molecule has 1 aliphatic rings. The number of nitrogens with zero attached hydrogens (tertiary/aromatic N) is 3. The van der Waals surface area contributed by atoms with Gasteiger partial charge in [-0.25, -0.2) is 9.78 Å². The lowest BCUT2D eigenvalue weighted by Crippen LogP contribution is -2.18. The number of rotatable bonds is 6. The summed E-state index contributed by atoms with van der Waals surface area (Å²) < 4.78 is 0. The standard InChI is InChI=1S/C19H12Cl2N4O4S2/c20-11-6-5-10-16-14(8-30-17(10)15(11)21)31-19(22-16)24-23-12(18(26)27)7-9-3-1-2-4-13(9)25(28)29/h1-6H,7-8H2,(H,22,24)(H,26,27)/b23-12-. The number of halogens is 2. The van der Waals surface area contributed by atoms with E-state index in [0.29, 0.717) is 20.9 Å². The summed E-state index contributed by atoms with van der Waals surface area (Å²) in [6, 6.07) is 9.51. The number of aliphatic carboxylic acids is 1. The number of para-hydroxylation sites is 1. The number of carboxylic acid groups (broad SMARTS) is 1. The topological polar surface area (TPSA) is 118 Å². The second kappa shape index (κ2) is 8.83. The number of nitro groups is 1. The van der Waals surface area contributed by atoms with Crippen molar-refractivity contribution in [1.29, 1.82) is 0 Å². The van der Waals surface area contributed by atoms with Crippen LogP contribution in [0.25, 0.3) is 11.3 Å². The fourth-order valence-electron chi connectivity index (χ4n) is 3.00. The molecular weight excluding hydrogens is 483 g/mol. The van der Waals surface area contributed by atoms with E-state index in [1.54, 1.807) is 23.9 Å². The van der Waals surface area contributed by atoms with Gasteiger partial charge in [0.2, 0.25) is 5.13 Å². The first-order chi connectivity index (χ1) is 14.8. The summed E-state index contributed by atoms with van der Waals surface area (Å²) in [6.07, 6.45) is -0.211. The number of nitro benzene ring substituents is 1. The van der Waals surface area contributed by atoms with E-state index < -0.39 is 10.9 Å². The molecule has 0 fully saturated rings. The van der Waals surface area contributed by atoms with Gasteiger partial charge in [-0.3, -0.25) is 15.5 Å². The smallest absolute Gasteiger partial charge is 0.352 e. The van der Waals surface area contributed by atoms with Crippen LogP contribution < -0.4 is 5.43 Å². The first-order valence-corrected chi connectivity index (χ1v) is 11.3. The summed E-state index contributed by atoms with van der Waals surface area (Å²) in [5.74, 6) is -0.637. The van der Waals surface area contributed by atoms with E-state index in [4.69, 9.17) is 23.2 Å². The predicted molar refractivity (Wildman–Crippen MR) is 123 cm³/mol. The Morgan fingerprint density at radius 2 is 2.06 bits per heavy atom. The highest BCUT2D eigenvalue weighted by Crippen LogP contribution is 2.49. The number of hydrogen-bond acceptors (Lipinski definition) is 8. The number of hydrazone groups is 1. The molecular formula is C19H12Cl2N4O4S2. The summed E-state index contributed by atoms with van der Waals surface area (Å²) in [6.45, 7) is 0. The fraction of sp³-hybridized carbons (Fsp3) is 0.105. The lowest BCUT2D eigenvalue weighted by Gasteiger charge is -2.16. The van der Waals surface area contributed by atoms with Gasteiger partial charge in [0.1, 0.15) is 5.71 Å². The van der Waals surface area contributed by atoms with E-state index in [-0.39, 0.29) is 23.4 Å². The molecule has 0 saturated carbocycles. The van der Waals surface area contributed by atoms with Crippen molar-refractivity contribution in [2.75, 3.05) is 5.43 Å². The van der Waals surface area contributed by atoms with Crippen LogP contribution >= 0.6 is 46.3 Å². The molecule has 0 unspecified atom stereocenters. The third-order valence-corrected chi connectivity index (χ3v) is 7.63. The predicted octanol–water partition coefficient (Wildman–Crippen LogP) is 5.73. The van der Waals surface area contributed by atoms with Crippen molar-refractivity contribution >= 4 is 68.8 Å². The minimum atomic E-state index is -1.28. The van der Waals surface area contributed by atoms with E-state index in [9.17, 15) is 20.0 Å². The molecule has 1 aliphatic heterocycles. The molecule has 1 aromatic heterocycles. The van der Waals surface area contributed by atoms with Crippen LogP contribution in [-0.4, -0.2) is 26.7 Å². The van der Waals surface area contributed by atoms with Gasteiger partial charge in [0.15, 0.2) is 0 Å². The van der Waals surface area contributed by atoms with E-state index in [1.165, 1.54) is 29.5 Å².